The third-order valence-electron chi connectivity index (χ3n) is 3.12. The van der Waals surface area contributed by atoms with E-state index in [0.717, 1.165) is 4.90 Å². The van der Waals surface area contributed by atoms with Gasteiger partial charge in [-0.25, -0.2) is 0 Å². The van der Waals surface area contributed by atoms with E-state index in [1.807, 2.05) is 49.4 Å². The van der Waals surface area contributed by atoms with Gasteiger partial charge in [0.2, 0.25) is 0 Å². The van der Waals surface area contributed by atoms with Crippen molar-refractivity contribution < 1.29 is 14.3 Å². The van der Waals surface area contributed by atoms with Crippen LogP contribution in [0, 0.1) is 6.92 Å². The van der Waals surface area contributed by atoms with E-state index in [9.17, 15) is 9.59 Å². The summed E-state index contributed by atoms with van der Waals surface area (Å²) in [6.45, 7) is 2.03. The van der Waals surface area contributed by atoms with Crippen molar-refractivity contribution in [3.8, 4) is 0 Å². The first-order valence-electron chi connectivity index (χ1n) is 7.08. The van der Waals surface area contributed by atoms with Gasteiger partial charge in [0.15, 0.2) is 5.78 Å². The molecule has 0 saturated heterocycles. The van der Waals surface area contributed by atoms with Gasteiger partial charge in [0.05, 0.1) is 6.42 Å². The number of aryl methyl sites for hydroxylation is 1. The van der Waals surface area contributed by atoms with Gasteiger partial charge >= 0.3 is 5.97 Å². The molecule has 0 bridgehead atoms. The van der Waals surface area contributed by atoms with E-state index in [4.69, 9.17) is 4.74 Å². The summed E-state index contributed by atoms with van der Waals surface area (Å²) in [4.78, 5) is 24.6. The number of carbonyl (C=O) groups is 2. The summed E-state index contributed by atoms with van der Waals surface area (Å²) < 4.78 is 5.13. The van der Waals surface area contributed by atoms with Crippen LogP contribution in [0.4, 0.5) is 0 Å². The van der Waals surface area contributed by atoms with Crippen molar-refractivity contribution in [3.05, 3.63) is 65.7 Å². The summed E-state index contributed by atoms with van der Waals surface area (Å²) in [7, 11) is 0. The number of hydrogen-bond donors (Lipinski definition) is 0. The van der Waals surface area contributed by atoms with Crippen LogP contribution >= 0.6 is 11.8 Å². The zero-order valence-corrected chi connectivity index (χ0v) is 13.3. The standard InChI is InChI=1S/C18H18O3S/c1-14-7-9-16(10-8-14)22-13-21-18(20)12-11-17(19)15-5-3-2-4-6-15/h2-10H,11-13H2,1H3. The van der Waals surface area contributed by atoms with Crippen LogP contribution in [0.3, 0.4) is 0 Å². The van der Waals surface area contributed by atoms with Crippen LogP contribution in [-0.4, -0.2) is 17.7 Å². The highest BCUT2D eigenvalue weighted by Crippen LogP contribution is 2.18. The second-order valence-corrected chi connectivity index (χ2v) is 5.88. The van der Waals surface area contributed by atoms with Crippen LogP contribution in [0.5, 0.6) is 0 Å². The summed E-state index contributed by atoms with van der Waals surface area (Å²) >= 11 is 1.46. The molecule has 0 radical (unpaired) electrons. The van der Waals surface area contributed by atoms with E-state index in [2.05, 4.69) is 0 Å². The fourth-order valence-electron chi connectivity index (χ4n) is 1.85. The van der Waals surface area contributed by atoms with Gasteiger partial charge in [-0.3, -0.25) is 9.59 Å². The summed E-state index contributed by atoms with van der Waals surface area (Å²) in [5, 5.41) is 0. The van der Waals surface area contributed by atoms with Gasteiger partial charge in [0, 0.05) is 16.9 Å². The van der Waals surface area contributed by atoms with Crippen molar-refractivity contribution in [3.63, 3.8) is 0 Å². The van der Waals surface area contributed by atoms with Gasteiger partial charge in [0.25, 0.3) is 0 Å². The van der Waals surface area contributed by atoms with E-state index >= 15 is 0 Å². The Labute approximate surface area is 134 Å². The maximum Gasteiger partial charge on any atom is 0.307 e. The number of rotatable bonds is 7. The highest BCUT2D eigenvalue weighted by molar-refractivity contribution is 7.99. The van der Waals surface area contributed by atoms with Gasteiger partial charge in [0.1, 0.15) is 5.94 Å². The number of carbonyl (C=O) groups excluding carboxylic acids is 2. The number of esters is 1. The molecule has 0 aliphatic rings. The summed E-state index contributed by atoms with van der Waals surface area (Å²) in [6, 6.07) is 17.0. The molecule has 0 spiro atoms. The molecular weight excluding hydrogens is 296 g/mol. The highest BCUT2D eigenvalue weighted by atomic mass is 32.2. The van der Waals surface area contributed by atoms with Crippen LogP contribution in [0.1, 0.15) is 28.8 Å². The largest absolute Gasteiger partial charge is 0.454 e. The number of thioether (sulfide) groups is 1. The zero-order chi connectivity index (χ0) is 15.8. The molecule has 22 heavy (non-hydrogen) atoms. The Morgan fingerprint density at radius 1 is 0.955 bits per heavy atom. The Morgan fingerprint density at radius 2 is 1.64 bits per heavy atom. The molecule has 2 aromatic carbocycles. The molecule has 0 aromatic heterocycles. The van der Waals surface area contributed by atoms with E-state index < -0.39 is 0 Å². The topological polar surface area (TPSA) is 43.4 Å². The molecule has 114 valence electrons. The van der Waals surface area contributed by atoms with E-state index in [-0.39, 0.29) is 30.5 Å². The molecule has 0 amide bonds. The first-order chi connectivity index (χ1) is 10.6. The lowest BCUT2D eigenvalue weighted by atomic mass is 10.1. The second kappa shape index (κ2) is 8.39. The Balaban J connectivity index is 1.68. The zero-order valence-electron chi connectivity index (χ0n) is 12.5. The Morgan fingerprint density at radius 3 is 2.32 bits per heavy atom. The predicted molar refractivity (Wildman–Crippen MR) is 88.0 cm³/mol. The molecule has 0 atom stereocenters. The van der Waals surface area contributed by atoms with Crippen molar-refractivity contribution in [1.29, 1.82) is 0 Å². The molecule has 0 saturated carbocycles. The quantitative estimate of drug-likeness (QED) is 0.332. The van der Waals surface area contributed by atoms with Gasteiger partial charge < -0.3 is 4.74 Å². The minimum Gasteiger partial charge on any atom is -0.454 e. The van der Waals surface area contributed by atoms with Crippen LogP contribution in [-0.2, 0) is 9.53 Å². The monoisotopic (exact) mass is 314 g/mol. The minimum absolute atomic E-state index is 0.0382. The van der Waals surface area contributed by atoms with Crippen molar-refractivity contribution in [2.24, 2.45) is 0 Å². The summed E-state index contributed by atoms with van der Waals surface area (Å²) in [6.07, 6.45) is 0.292. The lowest BCUT2D eigenvalue weighted by molar-refractivity contribution is -0.141. The molecule has 0 N–H and O–H groups in total. The average Bonchev–Trinajstić information content (AvgIpc) is 2.55. The molecule has 0 aliphatic carbocycles. The fourth-order valence-corrected chi connectivity index (χ4v) is 2.51. The molecule has 0 unspecified atom stereocenters. The molecule has 2 aromatic rings. The molecule has 0 heterocycles. The van der Waals surface area contributed by atoms with Crippen molar-refractivity contribution >= 4 is 23.5 Å². The molecule has 0 fully saturated rings. The van der Waals surface area contributed by atoms with E-state index in [1.165, 1.54) is 17.3 Å². The minimum atomic E-state index is -0.344. The molecule has 3 nitrogen and oxygen atoms in total. The Hall–Kier alpha value is -2.07. The molecular formula is C18H18O3S. The summed E-state index contributed by atoms with van der Waals surface area (Å²) in [5.41, 5.74) is 1.82. The van der Waals surface area contributed by atoms with Crippen LogP contribution in [0.2, 0.25) is 0 Å². The van der Waals surface area contributed by atoms with Gasteiger partial charge in [-0.2, -0.15) is 0 Å². The predicted octanol–water partition coefficient (Wildman–Crippen LogP) is 4.25. The smallest absolute Gasteiger partial charge is 0.307 e. The second-order valence-electron chi connectivity index (χ2n) is 4.88. The third kappa shape index (κ3) is 5.37. The maximum atomic E-state index is 11.9. The number of hydrogen-bond acceptors (Lipinski definition) is 4. The van der Waals surface area contributed by atoms with E-state index in [0.29, 0.717) is 5.56 Å². The number of Topliss-reactive ketones (excluding diaryl/α,β-unsaturated/α-hetero) is 1. The van der Waals surface area contributed by atoms with Crippen molar-refractivity contribution in [2.75, 3.05) is 5.94 Å². The van der Waals surface area contributed by atoms with Gasteiger partial charge in [-0.1, -0.05) is 59.8 Å². The normalized spacial score (nSPS) is 10.2. The Bertz CT molecular complexity index is 621. The number of ether oxygens (including phenoxy) is 1. The van der Waals surface area contributed by atoms with Crippen molar-refractivity contribution in [2.45, 2.75) is 24.7 Å². The number of ketones is 1. The lowest BCUT2D eigenvalue weighted by Crippen LogP contribution is -2.08. The van der Waals surface area contributed by atoms with Gasteiger partial charge in [-0.05, 0) is 19.1 Å². The van der Waals surface area contributed by atoms with Crippen LogP contribution in [0.15, 0.2) is 59.5 Å². The molecule has 2 rings (SSSR count). The molecule has 4 heteroatoms. The maximum absolute atomic E-state index is 11.9. The average molecular weight is 314 g/mol. The lowest BCUT2D eigenvalue weighted by Gasteiger charge is -2.05. The van der Waals surface area contributed by atoms with Crippen molar-refractivity contribution in [1.82, 2.24) is 0 Å². The SMILES string of the molecule is Cc1ccc(SCOC(=O)CCC(=O)c2ccccc2)cc1. The third-order valence-corrected chi connectivity index (χ3v) is 3.96. The number of benzene rings is 2. The Kier molecular flexibility index (Phi) is 6.22. The molecule has 0 aliphatic heterocycles. The fraction of sp³-hybridized carbons (Fsp3) is 0.222. The highest BCUT2D eigenvalue weighted by Gasteiger charge is 2.09. The first-order valence-corrected chi connectivity index (χ1v) is 8.07. The van der Waals surface area contributed by atoms with E-state index in [1.54, 1.807) is 12.1 Å². The van der Waals surface area contributed by atoms with Crippen LogP contribution in [0.25, 0.3) is 0 Å². The first kappa shape index (κ1) is 16.3. The van der Waals surface area contributed by atoms with Gasteiger partial charge in [-0.15, -0.1) is 0 Å². The summed E-state index contributed by atoms with van der Waals surface area (Å²) in [5.74, 6) is -0.117. The van der Waals surface area contributed by atoms with Crippen LogP contribution < -0.4 is 0 Å².